The standard InChI is InChI=1S/C13H16N6O2S/c1-7(22-13-17-12(14)18-19-13)11(21)16-10-5-3-9(4-6-10)15-8(2)20/h3-7H,1-2H3,(H,15,20)(H,16,21)(H3,14,17,18,19)/t7-/m1/s1. The molecule has 0 radical (unpaired) electrons. The Morgan fingerprint density at radius 2 is 1.82 bits per heavy atom. The second-order valence-electron chi connectivity index (χ2n) is 4.51. The molecule has 0 spiro atoms. The number of benzene rings is 1. The van der Waals surface area contributed by atoms with Crippen molar-refractivity contribution in [3.8, 4) is 0 Å². The minimum absolute atomic E-state index is 0.146. The molecule has 2 amide bonds. The van der Waals surface area contributed by atoms with E-state index >= 15 is 0 Å². The van der Waals surface area contributed by atoms with Crippen molar-refractivity contribution >= 4 is 40.9 Å². The number of thioether (sulfide) groups is 1. The van der Waals surface area contributed by atoms with Crippen LogP contribution in [0.2, 0.25) is 0 Å². The van der Waals surface area contributed by atoms with E-state index in [4.69, 9.17) is 5.73 Å². The predicted octanol–water partition coefficient (Wildman–Crippen LogP) is 1.46. The lowest BCUT2D eigenvalue weighted by atomic mass is 10.2. The van der Waals surface area contributed by atoms with Crippen molar-refractivity contribution in [1.29, 1.82) is 0 Å². The van der Waals surface area contributed by atoms with E-state index in [2.05, 4.69) is 25.8 Å². The van der Waals surface area contributed by atoms with E-state index in [9.17, 15) is 9.59 Å². The Hall–Kier alpha value is -2.55. The highest BCUT2D eigenvalue weighted by Gasteiger charge is 2.17. The Balaban J connectivity index is 1.91. The summed E-state index contributed by atoms with van der Waals surface area (Å²) in [5.41, 5.74) is 6.74. The Morgan fingerprint density at radius 1 is 1.23 bits per heavy atom. The van der Waals surface area contributed by atoms with E-state index in [1.165, 1.54) is 18.7 Å². The number of carbonyl (C=O) groups is 2. The number of hydrogen-bond donors (Lipinski definition) is 4. The van der Waals surface area contributed by atoms with Crippen molar-refractivity contribution in [2.45, 2.75) is 24.3 Å². The topological polar surface area (TPSA) is 126 Å². The highest BCUT2D eigenvalue weighted by Crippen LogP contribution is 2.21. The van der Waals surface area contributed by atoms with Crippen LogP contribution in [0.3, 0.4) is 0 Å². The molecule has 0 fully saturated rings. The third-order valence-electron chi connectivity index (χ3n) is 2.61. The second kappa shape index (κ2) is 6.94. The van der Waals surface area contributed by atoms with Gasteiger partial charge in [0.2, 0.25) is 22.9 Å². The van der Waals surface area contributed by atoms with Crippen LogP contribution in [0.1, 0.15) is 13.8 Å². The summed E-state index contributed by atoms with van der Waals surface area (Å²) in [6.07, 6.45) is 0. The Kier molecular flexibility index (Phi) is 4.99. The number of aromatic amines is 1. The van der Waals surface area contributed by atoms with Crippen molar-refractivity contribution in [3.63, 3.8) is 0 Å². The van der Waals surface area contributed by atoms with Gasteiger partial charge in [0.25, 0.3) is 0 Å². The molecule has 1 aromatic heterocycles. The van der Waals surface area contributed by atoms with E-state index < -0.39 is 0 Å². The number of anilines is 3. The lowest BCUT2D eigenvalue weighted by Gasteiger charge is -2.10. The van der Waals surface area contributed by atoms with Crippen LogP contribution in [0.4, 0.5) is 17.3 Å². The predicted molar refractivity (Wildman–Crippen MR) is 85.5 cm³/mol. The van der Waals surface area contributed by atoms with Crippen molar-refractivity contribution in [1.82, 2.24) is 15.2 Å². The highest BCUT2D eigenvalue weighted by atomic mass is 32.2. The molecule has 1 heterocycles. The smallest absolute Gasteiger partial charge is 0.237 e. The fraction of sp³-hybridized carbons (Fsp3) is 0.231. The Labute approximate surface area is 131 Å². The van der Waals surface area contributed by atoms with Gasteiger partial charge in [-0.3, -0.25) is 9.59 Å². The van der Waals surface area contributed by atoms with E-state index in [1.54, 1.807) is 31.2 Å². The van der Waals surface area contributed by atoms with Gasteiger partial charge in [-0.05, 0) is 31.2 Å². The largest absolute Gasteiger partial charge is 0.368 e. The number of nitrogen functional groups attached to an aromatic ring is 1. The number of amides is 2. The van der Waals surface area contributed by atoms with Gasteiger partial charge >= 0.3 is 0 Å². The summed E-state index contributed by atoms with van der Waals surface area (Å²) < 4.78 is 0. The summed E-state index contributed by atoms with van der Waals surface area (Å²) in [6, 6.07) is 6.85. The molecule has 0 unspecified atom stereocenters. The minimum atomic E-state index is -0.384. The van der Waals surface area contributed by atoms with Gasteiger partial charge in [-0.25, -0.2) is 5.10 Å². The zero-order valence-corrected chi connectivity index (χ0v) is 12.9. The van der Waals surface area contributed by atoms with Gasteiger partial charge in [-0.1, -0.05) is 11.8 Å². The van der Waals surface area contributed by atoms with Crippen molar-refractivity contribution in [2.24, 2.45) is 0 Å². The Bertz CT molecular complexity index is 669. The number of aromatic nitrogens is 3. The molecule has 0 aliphatic rings. The summed E-state index contributed by atoms with van der Waals surface area (Å²) in [5, 5.41) is 11.8. The number of rotatable bonds is 5. The lowest BCUT2D eigenvalue weighted by Crippen LogP contribution is -2.22. The number of nitrogens with one attached hydrogen (secondary N) is 3. The van der Waals surface area contributed by atoms with Gasteiger partial charge in [0.05, 0.1) is 5.25 Å². The first-order valence-electron chi connectivity index (χ1n) is 6.47. The molecule has 0 aliphatic carbocycles. The van der Waals surface area contributed by atoms with Crippen LogP contribution in [0.25, 0.3) is 0 Å². The maximum absolute atomic E-state index is 12.1. The van der Waals surface area contributed by atoms with Crippen molar-refractivity contribution in [2.75, 3.05) is 16.4 Å². The van der Waals surface area contributed by atoms with Crippen LogP contribution in [-0.2, 0) is 9.59 Å². The molecular formula is C13H16N6O2S. The number of hydrogen-bond acceptors (Lipinski definition) is 6. The highest BCUT2D eigenvalue weighted by molar-refractivity contribution is 8.00. The van der Waals surface area contributed by atoms with Gasteiger partial charge in [0, 0.05) is 18.3 Å². The van der Waals surface area contributed by atoms with Crippen LogP contribution in [-0.4, -0.2) is 32.2 Å². The molecule has 0 aliphatic heterocycles. The number of H-pyrrole nitrogens is 1. The van der Waals surface area contributed by atoms with Gasteiger partial charge in [-0.2, -0.15) is 4.98 Å². The maximum atomic E-state index is 12.1. The molecule has 22 heavy (non-hydrogen) atoms. The van der Waals surface area contributed by atoms with E-state index in [-0.39, 0.29) is 23.0 Å². The van der Waals surface area contributed by atoms with Crippen LogP contribution in [0.15, 0.2) is 29.4 Å². The average molecular weight is 320 g/mol. The number of nitrogens with two attached hydrogens (primary N) is 1. The molecule has 1 atom stereocenters. The summed E-state index contributed by atoms with van der Waals surface area (Å²) in [6.45, 7) is 3.18. The molecule has 1 aromatic carbocycles. The van der Waals surface area contributed by atoms with Crippen LogP contribution >= 0.6 is 11.8 Å². The zero-order valence-electron chi connectivity index (χ0n) is 12.1. The quantitative estimate of drug-likeness (QED) is 0.618. The zero-order chi connectivity index (χ0) is 16.1. The van der Waals surface area contributed by atoms with E-state index in [0.717, 1.165) is 0 Å². The lowest BCUT2D eigenvalue weighted by molar-refractivity contribution is -0.115. The first-order valence-corrected chi connectivity index (χ1v) is 7.35. The third-order valence-corrected chi connectivity index (χ3v) is 3.57. The molecule has 0 saturated heterocycles. The van der Waals surface area contributed by atoms with E-state index in [0.29, 0.717) is 16.5 Å². The monoisotopic (exact) mass is 320 g/mol. The Morgan fingerprint density at radius 3 is 2.32 bits per heavy atom. The first kappa shape index (κ1) is 15.8. The molecule has 5 N–H and O–H groups in total. The van der Waals surface area contributed by atoms with Crippen molar-refractivity contribution in [3.05, 3.63) is 24.3 Å². The average Bonchev–Trinajstić information content (AvgIpc) is 2.85. The van der Waals surface area contributed by atoms with Crippen molar-refractivity contribution < 1.29 is 9.59 Å². The van der Waals surface area contributed by atoms with Gasteiger partial charge in [-0.15, -0.1) is 5.10 Å². The second-order valence-corrected chi connectivity index (χ2v) is 5.82. The van der Waals surface area contributed by atoms with Gasteiger partial charge < -0.3 is 16.4 Å². The number of carbonyl (C=O) groups excluding carboxylic acids is 2. The van der Waals surface area contributed by atoms with Crippen LogP contribution in [0.5, 0.6) is 0 Å². The first-order chi connectivity index (χ1) is 10.4. The minimum Gasteiger partial charge on any atom is -0.368 e. The number of nitrogens with zero attached hydrogens (tertiary/aromatic N) is 2. The summed E-state index contributed by atoms with van der Waals surface area (Å²) >= 11 is 1.20. The molecular weight excluding hydrogens is 304 g/mol. The molecule has 0 bridgehead atoms. The SMILES string of the molecule is CC(=O)Nc1ccc(NC(=O)[C@@H](C)Sc2n[nH]c(N)n2)cc1. The van der Waals surface area contributed by atoms with Crippen LogP contribution < -0.4 is 16.4 Å². The molecule has 2 aromatic rings. The fourth-order valence-corrected chi connectivity index (χ4v) is 2.34. The normalized spacial score (nSPS) is 11.7. The summed E-state index contributed by atoms with van der Waals surface area (Å²) in [4.78, 5) is 27.0. The van der Waals surface area contributed by atoms with Gasteiger partial charge in [0.15, 0.2) is 0 Å². The molecule has 116 valence electrons. The van der Waals surface area contributed by atoms with E-state index in [1.807, 2.05) is 0 Å². The molecule has 0 saturated carbocycles. The maximum Gasteiger partial charge on any atom is 0.237 e. The van der Waals surface area contributed by atoms with Crippen LogP contribution in [0, 0.1) is 0 Å². The summed E-state index contributed by atoms with van der Waals surface area (Å²) in [5.74, 6) is -0.114. The van der Waals surface area contributed by atoms with Gasteiger partial charge in [0.1, 0.15) is 0 Å². The molecule has 8 nitrogen and oxygen atoms in total. The molecule has 9 heteroatoms. The third kappa shape index (κ3) is 4.48. The fourth-order valence-electron chi connectivity index (χ4n) is 1.61. The molecule has 2 rings (SSSR count). The summed E-state index contributed by atoms with van der Waals surface area (Å²) in [7, 11) is 0.